The molecule has 0 radical (unpaired) electrons. The van der Waals surface area contributed by atoms with Crippen LogP contribution in [-0.4, -0.2) is 76.6 Å². The average Bonchev–Trinajstić information content (AvgIpc) is 3.31. The van der Waals surface area contributed by atoms with Crippen LogP contribution < -0.4 is 0 Å². The number of esters is 1. The lowest BCUT2D eigenvalue weighted by molar-refractivity contribution is -0.146. The summed E-state index contributed by atoms with van der Waals surface area (Å²) in [4.78, 5) is 35.3. The molecule has 4 rings (SSSR count). The maximum Gasteiger partial charge on any atom is 0.307 e. The van der Waals surface area contributed by atoms with Crippen molar-refractivity contribution < 1.29 is 19.1 Å². The molecule has 2 aliphatic heterocycles. The van der Waals surface area contributed by atoms with Crippen molar-refractivity contribution in [2.45, 2.75) is 58.0 Å². The molecule has 0 unspecified atom stereocenters. The van der Waals surface area contributed by atoms with Gasteiger partial charge in [-0.2, -0.15) is 0 Å². The summed E-state index contributed by atoms with van der Waals surface area (Å²) in [6.07, 6.45) is 7.98. The summed E-state index contributed by atoms with van der Waals surface area (Å²) >= 11 is 1.54. The van der Waals surface area contributed by atoms with E-state index >= 15 is 0 Å². The first kappa shape index (κ1) is 22.2. The van der Waals surface area contributed by atoms with Crippen molar-refractivity contribution in [3.63, 3.8) is 0 Å². The quantitative estimate of drug-likeness (QED) is 0.633. The van der Waals surface area contributed by atoms with Gasteiger partial charge >= 0.3 is 5.97 Å². The molecular weight excluding hydrogens is 416 g/mol. The molecule has 1 amide bonds. The molecule has 2 aliphatic rings. The Labute approximate surface area is 187 Å². The Hall–Kier alpha value is -1.97. The summed E-state index contributed by atoms with van der Waals surface area (Å²) in [7, 11) is 0. The smallest absolute Gasteiger partial charge is 0.307 e. The largest absolute Gasteiger partial charge is 0.466 e. The molecule has 0 bridgehead atoms. The Morgan fingerprint density at radius 1 is 1.19 bits per heavy atom. The van der Waals surface area contributed by atoms with E-state index in [-0.39, 0.29) is 24.3 Å². The van der Waals surface area contributed by atoms with Crippen LogP contribution in [0.15, 0.2) is 11.6 Å². The minimum Gasteiger partial charge on any atom is -0.466 e. The highest BCUT2D eigenvalue weighted by Gasteiger charge is 2.30. The molecular formula is C22H32N4O4S. The number of morpholine rings is 1. The molecule has 31 heavy (non-hydrogen) atoms. The second kappa shape index (κ2) is 10.6. The summed E-state index contributed by atoms with van der Waals surface area (Å²) < 4.78 is 12.8. The number of nitrogens with zero attached hydrogens (tertiary/aromatic N) is 4. The first-order valence-corrected chi connectivity index (χ1v) is 12.3. The zero-order chi connectivity index (χ0) is 21.6. The minimum atomic E-state index is -0.214. The van der Waals surface area contributed by atoms with Crippen LogP contribution in [0.1, 0.15) is 61.6 Å². The van der Waals surface area contributed by atoms with E-state index in [1.807, 2.05) is 27.8 Å². The number of thiazole rings is 1. The van der Waals surface area contributed by atoms with Gasteiger partial charge in [-0.1, -0.05) is 19.3 Å². The van der Waals surface area contributed by atoms with Gasteiger partial charge in [0.15, 0.2) is 10.7 Å². The number of ether oxygens (including phenoxy) is 2. The van der Waals surface area contributed by atoms with E-state index in [1.165, 1.54) is 30.6 Å². The molecule has 170 valence electrons. The van der Waals surface area contributed by atoms with Crippen LogP contribution in [0.3, 0.4) is 0 Å². The molecule has 0 saturated carbocycles. The second-order valence-electron chi connectivity index (χ2n) is 8.23. The average molecular weight is 449 g/mol. The van der Waals surface area contributed by atoms with Crippen LogP contribution in [0.2, 0.25) is 0 Å². The lowest BCUT2D eigenvalue weighted by atomic mass is 10.1. The maximum atomic E-state index is 13.5. The van der Waals surface area contributed by atoms with Crippen molar-refractivity contribution in [3.8, 4) is 0 Å². The molecule has 0 spiro atoms. The third kappa shape index (κ3) is 5.27. The van der Waals surface area contributed by atoms with Crippen LogP contribution >= 0.6 is 11.3 Å². The molecule has 0 N–H and O–H groups in total. The van der Waals surface area contributed by atoms with Crippen LogP contribution in [0.25, 0.3) is 4.96 Å². The van der Waals surface area contributed by atoms with E-state index in [4.69, 9.17) is 14.5 Å². The molecule has 2 fully saturated rings. The molecule has 9 heteroatoms. The van der Waals surface area contributed by atoms with Crippen molar-refractivity contribution >= 4 is 28.2 Å². The Bertz CT molecular complexity index is 887. The molecule has 0 aromatic carbocycles. The van der Waals surface area contributed by atoms with Gasteiger partial charge in [-0.05, 0) is 19.8 Å². The SMILES string of the molecule is CCOC(=O)C[C@H]1COCCN1Cc1c(C(=O)N2CCCCCCC2)nc2sccn12. The van der Waals surface area contributed by atoms with Crippen molar-refractivity contribution in [2.24, 2.45) is 0 Å². The van der Waals surface area contributed by atoms with Crippen LogP contribution in [0.4, 0.5) is 0 Å². The summed E-state index contributed by atoms with van der Waals surface area (Å²) in [5.41, 5.74) is 1.45. The first-order valence-electron chi connectivity index (χ1n) is 11.4. The number of imidazole rings is 1. The van der Waals surface area contributed by atoms with Gasteiger partial charge in [0.05, 0.1) is 31.9 Å². The van der Waals surface area contributed by atoms with Crippen molar-refractivity contribution in [1.29, 1.82) is 0 Å². The van der Waals surface area contributed by atoms with E-state index in [0.717, 1.165) is 36.6 Å². The second-order valence-corrected chi connectivity index (χ2v) is 9.10. The Balaban J connectivity index is 1.56. The van der Waals surface area contributed by atoms with Crippen molar-refractivity contribution in [3.05, 3.63) is 23.0 Å². The predicted molar refractivity (Wildman–Crippen MR) is 118 cm³/mol. The van der Waals surface area contributed by atoms with E-state index in [0.29, 0.717) is 38.6 Å². The summed E-state index contributed by atoms with van der Waals surface area (Å²) in [5, 5.41) is 1.99. The standard InChI is InChI=1S/C22H32N4O4S/c1-2-30-19(27)14-17-16-29-12-10-25(17)15-18-20(23-22-26(18)11-13-31-22)21(28)24-8-6-4-3-5-7-9-24/h11,13,17H,2-10,12,14-16H2,1H3/t17-/m0/s1. The maximum absolute atomic E-state index is 13.5. The number of fused-ring (bicyclic) bond motifs is 1. The zero-order valence-corrected chi connectivity index (χ0v) is 19.1. The number of rotatable bonds is 6. The molecule has 4 heterocycles. The summed E-state index contributed by atoms with van der Waals surface area (Å²) in [6, 6.07) is -0.0679. The third-order valence-corrected chi connectivity index (χ3v) is 6.87. The lowest BCUT2D eigenvalue weighted by Gasteiger charge is -2.35. The molecule has 1 atom stereocenters. The van der Waals surface area contributed by atoms with E-state index in [2.05, 4.69) is 4.90 Å². The van der Waals surface area contributed by atoms with Crippen LogP contribution in [0.5, 0.6) is 0 Å². The number of carbonyl (C=O) groups is 2. The number of amides is 1. The van der Waals surface area contributed by atoms with Gasteiger partial charge in [0, 0.05) is 43.8 Å². The summed E-state index contributed by atoms with van der Waals surface area (Å²) in [6.45, 7) is 6.15. The number of aromatic nitrogens is 2. The monoisotopic (exact) mass is 448 g/mol. The van der Waals surface area contributed by atoms with Crippen LogP contribution in [-0.2, 0) is 20.8 Å². The van der Waals surface area contributed by atoms with E-state index in [1.54, 1.807) is 0 Å². The van der Waals surface area contributed by atoms with E-state index < -0.39 is 0 Å². The fourth-order valence-electron chi connectivity index (χ4n) is 4.45. The fraction of sp³-hybridized carbons (Fsp3) is 0.682. The number of carbonyl (C=O) groups excluding carboxylic acids is 2. The highest BCUT2D eigenvalue weighted by Crippen LogP contribution is 2.24. The predicted octanol–water partition coefficient (Wildman–Crippen LogP) is 2.96. The van der Waals surface area contributed by atoms with Crippen LogP contribution in [0, 0.1) is 0 Å². The van der Waals surface area contributed by atoms with Gasteiger partial charge in [-0.15, -0.1) is 11.3 Å². The molecule has 8 nitrogen and oxygen atoms in total. The molecule has 2 saturated heterocycles. The Morgan fingerprint density at radius 3 is 2.74 bits per heavy atom. The molecule has 0 aliphatic carbocycles. The number of hydrogen-bond donors (Lipinski definition) is 0. The van der Waals surface area contributed by atoms with Gasteiger partial charge in [0.1, 0.15) is 0 Å². The highest BCUT2D eigenvalue weighted by molar-refractivity contribution is 7.15. The Kier molecular flexibility index (Phi) is 7.58. The normalized spacial score (nSPS) is 21.1. The lowest BCUT2D eigenvalue weighted by Crippen LogP contribution is -2.46. The van der Waals surface area contributed by atoms with Gasteiger partial charge in [-0.3, -0.25) is 18.9 Å². The van der Waals surface area contributed by atoms with Crippen molar-refractivity contribution in [1.82, 2.24) is 19.2 Å². The molecule has 2 aromatic rings. The minimum absolute atomic E-state index is 0.0306. The number of hydrogen-bond acceptors (Lipinski definition) is 7. The highest BCUT2D eigenvalue weighted by atomic mass is 32.1. The van der Waals surface area contributed by atoms with E-state index in [9.17, 15) is 9.59 Å². The first-order chi connectivity index (χ1) is 15.2. The zero-order valence-electron chi connectivity index (χ0n) is 18.3. The third-order valence-electron chi connectivity index (χ3n) is 6.12. The van der Waals surface area contributed by atoms with Gasteiger partial charge in [0.25, 0.3) is 5.91 Å². The Morgan fingerprint density at radius 2 is 1.97 bits per heavy atom. The van der Waals surface area contributed by atoms with Crippen molar-refractivity contribution in [2.75, 3.05) is 39.5 Å². The van der Waals surface area contributed by atoms with Gasteiger partial charge in [-0.25, -0.2) is 4.98 Å². The van der Waals surface area contributed by atoms with Gasteiger partial charge < -0.3 is 14.4 Å². The number of likely N-dealkylation sites (tertiary alicyclic amines) is 1. The van der Waals surface area contributed by atoms with Gasteiger partial charge in [0.2, 0.25) is 0 Å². The molecule has 2 aromatic heterocycles. The fourth-order valence-corrected chi connectivity index (χ4v) is 5.18. The summed E-state index contributed by atoms with van der Waals surface area (Å²) in [5.74, 6) is -0.183. The topological polar surface area (TPSA) is 76.4 Å².